The molecule has 0 aromatic carbocycles. The molecule has 0 N–H and O–H groups in total. The average molecular weight is 270 g/mol. The number of rotatable bonds is 5. The summed E-state index contributed by atoms with van der Waals surface area (Å²) in [6.07, 6.45) is -0.0793. The van der Waals surface area contributed by atoms with Gasteiger partial charge >= 0.3 is 12.1 Å². The zero-order valence-electron chi connectivity index (χ0n) is 12.2. The highest BCUT2D eigenvalue weighted by molar-refractivity contribution is 5.81. The lowest BCUT2D eigenvalue weighted by atomic mass is 10.2. The van der Waals surface area contributed by atoms with Crippen molar-refractivity contribution in [3.05, 3.63) is 0 Å². The molecule has 0 radical (unpaired) electrons. The van der Waals surface area contributed by atoms with Crippen LogP contribution >= 0.6 is 0 Å². The normalized spacial score (nSPS) is 12.2. The van der Waals surface area contributed by atoms with E-state index in [2.05, 4.69) is 4.74 Å². The molecule has 0 aliphatic carbocycles. The van der Waals surface area contributed by atoms with Crippen molar-refractivity contribution in [2.75, 3.05) is 13.7 Å². The predicted molar refractivity (Wildman–Crippen MR) is 69.3 cm³/mol. The maximum Gasteiger partial charge on any atom is 0.411 e. The standard InChI is InChI=1S/C13H22N2O4/c1-6-10(11(16)18-5)15(9-7-8-14)12(17)19-13(2,3)4/h10H,6-7,9H2,1-5H3. The Kier molecular flexibility index (Phi) is 6.91. The molecular formula is C13H22N2O4. The predicted octanol–water partition coefficient (Wildman–Crippen LogP) is 2.09. The van der Waals surface area contributed by atoms with Crippen LogP contribution in [-0.2, 0) is 14.3 Å². The van der Waals surface area contributed by atoms with Gasteiger partial charge in [0.15, 0.2) is 0 Å². The van der Waals surface area contributed by atoms with E-state index in [9.17, 15) is 9.59 Å². The summed E-state index contributed by atoms with van der Waals surface area (Å²) >= 11 is 0. The Labute approximate surface area is 114 Å². The minimum atomic E-state index is -0.729. The molecule has 1 unspecified atom stereocenters. The molecule has 0 heterocycles. The molecule has 0 spiro atoms. The van der Waals surface area contributed by atoms with Crippen LogP contribution in [0.4, 0.5) is 4.79 Å². The van der Waals surface area contributed by atoms with Gasteiger partial charge in [0.25, 0.3) is 0 Å². The topological polar surface area (TPSA) is 79.6 Å². The Morgan fingerprint density at radius 3 is 2.32 bits per heavy atom. The van der Waals surface area contributed by atoms with E-state index in [-0.39, 0.29) is 13.0 Å². The van der Waals surface area contributed by atoms with Crippen LogP contribution in [0, 0.1) is 11.3 Å². The van der Waals surface area contributed by atoms with Crippen molar-refractivity contribution < 1.29 is 19.1 Å². The summed E-state index contributed by atoms with van der Waals surface area (Å²) in [5.41, 5.74) is -0.656. The first-order valence-corrected chi connectivity index (χ1v) is 6.21. The van der Waals surface area contributed by atoms with Crippen LogP contribution in [0.15, 0.2) is 0 Å². The first kappa shape index (κ1) is 17.2. The van der Waals surface area contributed by atoms with Gasteiger partial charge in [0.05, 0.1) is 19.6 Å². The highest BCUT2D eigenvalue weighted by atomic mass is 16.6. The van der Waals surface area contributed by atoms with Gasteiger partial charge in [0.2, 0.25) is 0 Å². The number of methoxy groups -OCH3 is 1. The van der Waals surface area contributed by atoms with Crippen LogP contribution in [0.3, 0.4) is 0 Å². The molecule has 1 amide bonds. The Bertz CT molecular complexity index is 355. The molecule has 0 bridgehead atoms. The van der Waals surface area contributed by atoms with Crippen LogP contribution in [0.1, 0.15) is 40.5 Å². The first-order chi connectivity index (χ1) is 8.76. The summed E-state index contributed by atoms with van der Waals surface area (Å²) in [6.45, 7) is 7.13. The molecule has 108 valence electrons. The van der Waals surface area contributed by atoms with E-state index in [0.29, 0.717) is 6.42 Å². The fourth-order valence-corrected chi connectivity index (χ4v) is 1.52. The minimum Gasteiger partial charge on any atom is -0.467 e. The molecule has 0 fully saturated rings. The molecule has 0 rings (SSSR count). The number of carbonyl (C=O) groups excluding carboxylic acids is 2. The van der Waals surface area contributed by atoms with Gasteiger partial charge in [-0.1, -0.05) is 6.92 Å². The van der Waals surface area contributed by atoms with E-state index in [1.165, 1.54) is 12.0 Å². The second-order valence-corrected chi connectivity index (χ2v) is 5.03. The minimum absolute atomic E-state index is 0.132. The van der Waals surface area contributed by atoms with E-state index in [1.54, 1.807) is 27.7 Å². The summed E-state index contributed by atoms with van der Waals surface area (Å²) in [5.74, 6) is -0.508. The smallest absolute Gasteiger partial charge is 0.411 e. The second-order valence-electron chi connectivity index (χ2n) is 5.03. The van der Waals surface area contributed by atoms with E-state index in [0.717, 1.165) is 0 Å². The van der Waals surface area contributed by atoms with Gasteiger partial charge in [0, 0.05) is 6.54 Å². The highest BCUT2D eigenvalue weighted by Gasteiger charge is 2.32. The van der Waals surface area contributed by atoms with Crippen LogP contribution in [-0.4, -0.2) is 42.3 Å². The summed E-state index contributed by atoms with van der Waals surface area (Å²) in [5, 5.41) is 8.63. The SMILES string of the molecule is CCC(C(=O)OC)N(CCC#N)C(=O)OC(C)(C)C. The summed E-state index contributed by atoms with van der Waals surface area (Å²) in [6, 6.07) is 1.22. The lowest BCUT2D eigenvalue weighted by Gasteiger charge is -2.31. The number of nitrogens with zero attached hydrogens (tertiary/aromatic N) is 2. The van der Waals surface area contributed by atoms with Crippen molar-refractivity contribution in [2.45, 2.75) is 52.2 Å². The maximum absolute atomic E-state index is 12.1. The maximum atomic E-state index is 12.1. The van der Waals surface area contributed by atoms with Crippen molar-refractivity contribution in [1.29, 1.82) is 5.26 Å². The van der Waals surface area contributed by atoms with E-state index < -0.39 is 23.7 Å². The zero-order valence-corrected chi connectivity index (χ0v) is 12.2. The van der Waals surface area contributed by atoms with E-state index >= 15 is 0 Å². The average Bonchev–Trinajstić information content (AvgIpc) is 2.31. The number of hydrogen-bond donors (Lipinski definition) is 0. The quantitative estimate of drug-likeness (QED) is 0.715. The van der Waals surface area contributed by atoms with Gasteiger partial charge < -0.3 is 9.47 Å². The van der Waals surface area contributed by atoms with E-state index in [1.807, 2.05) is 6.07 Å². The fourth-order valence-electron chi connectivity index (χ4n) is 1.52. The number of ether oxygens (including phenoxy) is 2. The first-order valence-electron chi connectivity index (χ1n) is 6.21. The lowest BCUT2D eigenvalue weighted by molar-refractivity contribution is -0.147. The Balaban J connectivity index is 5.02. The Morgan fingerprint density at radius 2 is 1.95 bits per heavy atom. The monoisotopic (exact) mass is 270 g/mol. The lowest BCUT2D eigenvalue weighted by Crippen LogP contribution is -2.47. The number of hydrogen-bond acceptors (Lipinski definition) is 5. The molecule has 1 atom stereocenters. The van der Waals surface area contributed by atoms with Crippen LogP contribution in [0.5, 0.6) is 0 Å². The fraction of sp³-hybridized carbons (Fsp3) is 0.769. The van der Waals surface area contributed by atoms with Gasteiger partial charge in [-0.15, -0.1) is 0 Å². The third-order valence-electron chi connectivity index (χ3n) is 2.33. The molecule has 19 heavy (non-hydrogen) atoms. The summed E-state index contributed by atoms with van der Waals surface area (Å²) in [4.78, 5) is 25.0. The molecular weight excluding hydrogens is 248 g/mol. The molecule has 0 aliphatic heterocycles. The second kappa shape index (κ2) is 7.62. The summed E-state index contributed by atoms with van der Waals surface area (Å²) in [7, 11) is 1.27. The van der Waals surface area contributed by atoms with Crippen molar-refractivity contribution in [1.82, 2.24) is 4.90 Å². The number of amides is 1. The van der Waals surface area contributed by atoms with Gasteiger partial charge in [-0.3, -0.25) is 4.90 Å². The molecule has 0 aromatic rings. The van der Waals surface area contributed by atoms with Gasteiger partial charge in [-0.2, -0.15) is 5.26 Å². The number of esters is 1. The third-order valence-corrected chi connectivity index (χ3v) is 2.33. The van der Waals surface area contributed by atoms with Crippen molar-refractivity contribution in [3.63, 3.8) is 0 Å². The van der Waals surface area contributed by atoms with Gasteiger partial charge in [-0.05, 0) is 27.2 Å². The van der Waals surface area contributed by atoms with Crippen LogP contribution < -0.4 is 0 Å². The number of carbonyl (C=O) groups is 2. The van der Waals surface area contributed by atoms with Gasteiger partial charge in [-0.25, -0.2) is 9.59 Å². The zero-order chi connectivity index (χ0) is 15.1. The third kappa shape index (κ3) is 6.09. The van der Waals surface area contributed by atoms with Crippen molar-refractivity contribution in [2.24, 2.45) is 0 Å². The Hall–Kier alpha value is -1.77. The molecule has 0 aliphatic rings. The van der Waals surface area contributed by atoms with Crippen LogP contribution in [0.2, 0.25) is 0 Å². The van der Waals surface area contributed by atoms with E-state index in [4.69, 9.17) is 10.00 Å². The largest absolute Gasteiger partial charge is 0.467 e. The van der Waals surface area contributed by atoms with Crippen LogP contribution in [0.25, 0.3) is 0 Å². The molecule has 6 heteroatoms. The summed E-state index contributed by atoms with van der Waals surface area (Å²) < 4.78 is 9.92. The van der Waals surface area contributed by atoms with Crippen molar-refractivity contribution >= 4 is 12.1 Å². The van der Waals surface area contributed by atoms with Gasteiger partial charge in [0.1, 0.15) is 11.6 Å². The van der Waals surface area contributed by atoms with Crippen molar-refractivity contribution in [3.8, 4) is 6.07 Å². The molecule has 0 saturated carbocycles. The molecule has 0 saturated heterocycles. The number of nitriles is 1. The molecule has 0 aromatic heterocycles. The molecule has 6 nitrogen and oxygen atoms in total. The highest BCUT2D eigenvalue weighted by Crippen LogP contribution is 2.15. The Morgan fingerprint density at radius 1 is 1.37 bits per heavy atom.